The summed E-state index contributed by atoms with van der Waals surface area (Å²) in [4.78, 5) is 42.2. The van der Waals surface area contributed by atoms with E-state index >= 15 is 0 Å². The van der Waals surface area contributed by atoms with Crippen LogP contribution in [0, 0.1) is 0 Å². The van der Waals surface area contributed by atoms with Gasteiger partial charge in [0.2, 0.25) is 0 Å². The van der Waals surface area contributed by atoms with Crippen molar-refractivity contribution in [2.24, 2.45) is 19.8 Å². The lowest BCUT2D eigenvalue weighted by molar-refractivity contribution is 0.112. The number of hydrogen-bond acceptors (Lipinski definition) is 9. The van der Waals surface area contributed by atoms with E-state index in [0.29, 0.717) is 28.8 Å². The zero-order valence-corrected chi connectivity index (χ0v) is 29.3. The van der Waals surface area contributed by atoms with Gasteiger partial charge in [0.15, 0.2) is 17.5 Å². The van der Waals surface area contributed by atoms with Crippen LogP contribution in [-0.2, 0) is 33.7 Å². The molecule has 0 saturated carbocycles. The molecule has 0 aliphatic rings. The molecule has 0 atom stereocenters. The van der Waals surface area contributed by atoms with Gasteiger partial charge in [-0.1, -0.05) is 72.8 Å². The van der Waals surface area contributed by atoms with Crippen LogP contribution in [0.25, 0.3) is 44.5 Å². The van der Waals surface area contributed by atoms with Gasteiger partial charge in [0, 0.05) is 75.2 Å². The monoisotopic (exact) mass is 706 g/mol. The topological polar surface area (TPSA) is 151 Å². The molecule has 3 N–H and O–H groups in total. The number of aldehydes is 1. The number of aryl methyl sites for hydroxylation is 2. The van der Waals surface area contributed by atoms with Crippen molar-refractivity contribution in [1.29, 1.82) is 0 Å². The van der Waals surface area contributed by atoms with Crippen LogP contribution in [0.2, 0.25) is 0 Å². The molecule has 8 aromatic rings. The molecule has 4 aromatic carbocycles. The Balaban J connectivity index is 0.000000155. The van der Waals surface area contributed by atoms with Crippen molar-refractivity contribution in [2.75, 3.05) is 0 Å². The normalized spacial score (nSPS) is 10.7. The molecule has 4 heterocycles. The number of benzene rings is 4. The minimum Gasteiger partial charge on any atom is -0.408 e. The van der Waals surface area contributed by atoms with Crippen LogP contribution in [0.15, 0.2) is 152 Å². The van der Waals surface area contributed by atoms with Crippen molar-refractivity contribution in [1.82, 2.24) is 24.4 Å². The summed E-state index contributed by atoms with van der Waals surface area (Å²) in [5.74, 6) is -0.749. The first-order valence-electron chi connectivity index (χ1n) is 16.9. The number of oxazole rings is 2. The van der Waals surface area contributed by atoms with Gasteiger partial charge >= 0.3 is 11.5 Å². The number of pyridine rings is 2. The highest BCUT2D eigenvalue weighted by atomic mass is 16.4. The van der Waals surface area contributed by atoms with Gasteiger partial charge < -0.3 is 19.9 Å². The number of hydrogen-bond donors (Lipinski definition) is 2. The number of rotatable bonds is 8. The number of carbonyl (C=O) groups is 1. The maximum atomic E-state index is 11.7. The van der Waals surface area contributed by atoms with Crippen molar-refractivity contribution in [3.8, 4) is 22.3 Å². The van der Waals surface area contributed by atoms with Crippen LogP contribution in [0.1, 0.15) is 27.0 Å². The number of nitrogens with zero attached hydrogens (tertiary/aromatic N) is 4. The molecule has 4 aromatic heterocycles. The quantitative estimate of drug-likeness (QED) is 0.166. The highest BCUT2D eigenvalue weighted by Crippen LogP contribution is 2.25. The molecular weight excluding hydrogens is 668 g/mol. The van der Waals surface area contributed by atoms with Crippen molar-refractivity contribution in [2.45, 2.75) is 19.6 Å². The lowest BCUT2D eigenvalue weighted by atomic mass is 10.1. The SMILES string of the molecule is Cn1c(=O)oc2ccc(-c3cncc(C=O)c3)cc21.Cn1c(=O)oc2ccc(-c3cncc(CNCc4ccccc4)c3)cc21.NCc1ccccc1. The maximum absolute atomic E-state index is 11.7. The summed E-state index contributed by atoms with van der Waals surface area (Å²) in [6, 6.07) is 35.3. The number of aromatic nitrogens is 4. The molecule has 0 bridgehead atoms. The molecule has 0 unspecified atom stereocenters. The number of nitrogens with one attached hydrogen (secondary N) is 1. The van der Waals surface area contributed by atoms with Crippen LogP contribution in [0.4, 0.5) is 0 Å². The molecule has 0 fully saturated rings. The van der Waals surface area contributed by atoms with Crippen LogP contribution < -0.4 is 22.6 Å². The number of fused-ring (bicyclic) bond motifs is 2. The first-order valence-corrected chi connectivity index (χ1v) is 16.9. The van der Waals surface area contributed by atoms with Gasteiger partial charge in [-0.2, -0.15) is 0 Å². The van der Waals surface area contributed by atoms with Gasteiger partial charge in [0.05, 0.1) is 11.0 Å². The average molecular weight is 707 g/mol. The van der Waals surface area contributed by atoms with Gasteiger partial charge in [-0.25, -0.2) is 9.59 Å². The second-order valence-corrected chi connectivity index (χ2v) is 12.2. The highest BCUT2D eigenvalue weighted by Gasteiger charge is 2.10. The second-order valence-electron chi connectivity index (χ2n) is 12.2. The Hall–Kier alpha value is -6.69. The molecule has 0 saturated heterocycles. The fraction of sp³-hybridized carbons (Fsp3) is 0.119. The molecule has 11 heteroatoms. The van der Waals surface area contributed by atoms with Gasteiger partial charge in [-0.05, 0) is 64.2 Å². The van der Waals surface area contributed by atoms with Gasteiger partial charge in [0.25, 0.3) is 0 Å². The van der Waals surface area contributed by atoms with E-state index in [1.807, 2.05) is 91.3 Å². The number of nitrogens with two attached hydrogens (primary N) is 1. The molecule has 0 aliphatic heterocycles. The van der Waals surface area contributed by atoms with Gasteiger partial charge in [0.1, 0.15) is 0 Å². The van der Waals surface area contributed by atoms with E-state index in [-0.39, 0.29) is 5.76 Å². The molecular formula is C42H38N6O5. The molecule has 53 heavy (non-hydrogen) atoms. The Kier molecular flexibility index (Phi) is 11.6. The van der Waals surface area contributed by atoms with Crippen molar-refractivity contribution in [3.63, 3.8) is 0 Å². The standard InChI is InChI=1S/C21H19N3O2.C14H10N2O3.C7H9N/c1-24-19-10-17(7-8-20(19)26-21(24)25)18-9-16(13-23-14-18)12-22-11-15-5-3-2-4-6-15;1-16-12-5-10(2-3-13(12)19-14(16)18)11-4-9(8-17)6-15-7-11;8-6-7-4-2-1-3-5-7/h2-10,13-14,22H,11-12H2,1H3;2-8H,1H3;1-5H,6,8H2. The second kappa shape index (κ2) is 17.0. The predicted molar refractivity (Wildman–Crippen MR) is 206 cm³/mol. The molecule has 11 nitrogen and oxygen atoms in total. The summed E-state index contributed by atoms with van der Waals surface area (Å²) in [6.07, 6.45) is 7.63. The van der Waals surface area contributed by atoms with Crippen LogP contribution in [0.5, 0.6) is 0 Å². The Bertz CT molecular complexity index is 2570. The van der Waals surface area contributed by atoms with E-state index in [2.05, 4.69) is 33.5 Å². The zero-order chi connectivity index (χ0) is 37.2. The minimum atomic E-state index is -0.396. The first kappa shape index (κ1) is 36.1. The summed E-state index contributed by atoms with van der Waals surface area (Å²) in [6.45, 7) is 2.19. The molecule has 8 rings (SSSR count). The largest absolute Gasteiger partial charge is 0.419 e. The Morgan fingerprint density at radius 3 is 1.64 bits per heavy atom. The molecule has 0 amide bonds. The third-order valence-electron chi connectivity index (χ3n) is 8.52. The van der Waals surface area contributed by atoms with E-state index in [1.165, 1.54) is 26.5 Å². The highest BCUT2D eigenvalue weighted by molar-refractivity contribution is 5.83. The minimum absolute atomic E-state index is 0.353. The Morgan fingerprint density at radius 2 is 1.11 bits per heavy atom. The van der Waals surface area contributed by atoms with E-state index in [4.69, 9.17) is 14.6 Å². The fourth-order valence-electron chi connectivity index (χ4n) is 5.60. The van der Waals surface area contributed by atoms with E-state index < -0.39 is 5.76 Å². The molecule has 266 valence electrons. The van der Waals surface area contributed by atoms with Crippen LogP contribution in [0.3, 0.4) is 0 Å². The number of carbonyl (C=O) groups excluding carboxylic acids is 1. The van der Waals surface area contributed by atoms with Crippen LogP contribution in [-0.4, -0.2) is 25.4 Å². The summed E-state index contributed by atoms with van der Waals surface area (Å²) < 4.78 is 13.2. The van der Waals surface area contributed by atoms with Crippen molar-refractivity contribution < 1.29 is 13.6 Å². The lowest BCUT2D eigenvalue weighted by Gasteiger charge is -2.07. The summed E-state index contributed by atoms with van der Waals surface area (Å²) >= 11 is 0. The predicted octanol–water partition coefficient (Wildman–Crippen LogP) is 6.63. The fourth-order valence-corrected chi connectivity index (χ4v) is 5.60. The van der Waals surface area contributed by atoms with E-state index in [0.717, 1.165) is 52.7 Å². The zero-order valence-electron chi connectivity index (χ0n) is 29.3. The first-order chi connectivity index (χ1) is 25.8. The van der Waals surface area contributed by atoms with Crippen LogP contribution >= 0.6 is 0 Å². The lowest BCUT2D eigenvalue weighted by Crippen LogP contribution is -2.12. The van der Waals surface area contributed by atoms with E-state index in [1.54, 1.807) is 32.4 Å². The van der Waals surface area contributed by atoms with E-state index in [9.17, 15) is 14.4 Å². The average Bonchev–Trinajstić information content (AvgIpc) is 3.67. The van der Waals surface area contributed by atoms with Crippen molar-refractivity contribution >= 4 is 28.5 Å². The maximum Gasteiger partial charge on any atom is 0.419 e. The summed E-state index contributed by atoms with van der Waals surface area (Å²) in [5.41, 5.74) is 15.7. The molecule has 0 radical (unpaired) electrons. The Labute approximate surface area is 305 Å². The molecule has 0 aliphatic carbocycles. The summed E-state index contributed by atoms with van der Waals surface area (Å²) in [5, 5.41) is 3.44. The van der Waals surface area contributed by atoms with Gasteiger partial charge in [-0.15, -0.1) is 0 Å². The van der Waals surface area contributed by atoms with Gasteiger partial charge in [-0.3, -0.25) is 23.9 Å². The third-order valence-corrected chi connectivity index (χ3v) is 8.52. The molecule has 0 spiro atoms. The Morgan fingerprint density at radius 1 is 0.604 bits per heavy atom. The smallest absolute Gasteiger partial charge is 0.408 e. The van der Waals surface area contributed by atoms with Crippen molar-refractivity contribution in [3.05, 3.63) is 177 Å². The third kappa shape index (κ3) is 8.98. The summed E-state index contributed by atoms with van der Waals surface area (Å²) in [7, 11) is 3.36.